The standard InChI is InChI=1S/C17H21N5O4S/c1-20(10-13-9-19-21(2)11-13)17(24)14-3-5-15(6-4-14)27(25,26)22-8-7-18-16(23)12-22/h3-6,9,11H,7-8,10,12H2,1-2H3,(H,18,23). The van der Waals surface area contributed by atoms with Gasteiger partial charge in [-0.05, 0) is 24.3 Å². The van der Waals surface area contributed by atoms with Crippen molar-refractivity contribution in [3.05, 3.63) is 47.8 Å². The third-order valence-electron chi connectivity index (χ3n) is 4.27. The number of carbonyl (C=O) groups excluding carboxylic acids is 2. The van der Waals surface area contributed by atoms with Gasteiger partial charge in [-0.3, -0.25) is 14.3 Å². The Morgan fingerprint density at radius 3 is 2.59 bits per heavy atom. The Morgan fingerprint density at radius 1 is 1.30 bits per heavy atom. The highest BCUT2D eigenvalue weighted by Gasteiger charge is 2.29. The quantitative estimate of drug-likeness (QED) is 0.761. The predicted octanol–water partition coefficient (Wildman–Crippen LogP) is -0.187. The first-order valence-corrected chi connectivity index (χ1v) is 9.81. The Balaban J connectivity index is 1.72. The number of piperazine rings is 1. The zero-order valence-electron chi connectivity index (χ0n) is 15.1. The van der Waals surface area contributed by atoms with Crippen molar-refractivity contribution >= 4 is 21.8 Å². The van der Waals surface area contributed by atoms with Crippen molar-refractivity contribution in [3.63, 3.8) is 0 Å². The highest BCUT2D eigenvalue weighted by molar-refractivity contribution is 7.89. The highest BCUT2D eigenvalue weighted by atomic mass is 32.2. The topological polar surface area (TPSA) is 105 Å². The molecule has 0 spiro atoms. The summed E-state index contributed by atoms with van der Waals surface area (Å²) in [7, 11) is -0.292. The molecule has 1 aromatic heterocycles. The Bertz CT molecular complexity index is 952. The van der Waals surface area contributed by atoms with Gasteiger partial charge in [0.05, 0.1) is 17.6 Å². The molecule has 9 nitrogen and oxygen atoms in total. The summed E-state index contributed by atoms with van der Waals surface area (Å²) in [4.78, 5) is 25.6. The Morgan fingerprint density at radius 2 is 2.00 bits per heavy atom. The molecule has 3 rings (SSSR count). The first kappa shape index (κ1) is 19.1. The van der Waals surface area contributed by atoms with Crippen LogP contribution in [0.4, 0.5) is 0 Å². The SMILES string of the molecule is CN(Cc1cnn(C)c1)C(=O)c1ccc(S(=O)(=O)N2CCNC(=O)C2)cc1. The molecule has 0 saturated carbocycles. The normalized spacial score (nSPS) is 15.4. The van der Waals surface area contributed by atoms with Crippen LogP contribution in [0.1, 0.15) is 15.9 Å². The third-order valence-corrected chi connectivity index (χ3v) is 6.13. The van der Waals surface area contributed by atoms with Crippen LogP contribution in [-0.4, -0.2) is 65.9 Å². The highest BCUT2D eigenvalue weighted by Crippen LogP contribution is 2.18. The molecule has 1 aromatic carbocycles. The molecule has 0 atom stereocenters. The maximum Gasteiger partial charge on any atom is 0.253 e. The number of rotatable bonds is 5. The molecular formula is C17H21N5O4S. The smallest absolute Gasteiger partial charge is 0.253 e. The van der Waals surface area contributed by atoms with E-state index in [2.05, 4.69) is 10.4 Å². The van der Waals surface area contributed by atoms with Crippen LogP contribution < -0.4 is 5.32 Å². The minimum atomic E-state index is -3.77. The van der Waals surface area contributed by atoms with Crippen LogP contribution in [-0.2, 0) is 28.4 Å². The lowest BCUT2D eigenvalue weighted by Gasteiger charge is -2.26. The van der Waals surface area contributed by atoms with Crippen LogP contribution in [0.5, 0.6) is 0 Å². The van der Waals surface area contributed by atoms with Gasteiger partial charge < -0.3 is 10.2 Å². The summed E-state index contributed by atoms with van der Waals surface area (Å²) in [6, 6.07) is 5.76. The Hall–Kier alpha value is -2.72. The number of nitrogens with zero attached hydrogens (tertiary/aromatic N) is 4. The van der Waals surface area contributed by atoms with E-state index in [-0.39, 0.29) is 36.3 Å². The van der Waals surface area contributed by atoms with Crippen LogP contribution in [0, 0.1) is 0 Å². The molecule has 2 amide bonds. The molecule has 10 heteroatoms. The van der Waals surface area contributed by atoms with E-state index in [4.69, 9.17) is 0 Å². The van der Waals surface area contributed by atoms with E-state index in [0.29, 0.717) is 12.1 Å². The van der Waals surface area contributed by atoms with Gasteiger partial charge in [-0.1, -0.05) is 0 Å². The molecule has 0 radical (unpaired) electrons. The van der Waals surface area contributed by atoms with Gasteiger partial charge in [0.2, 0.25) is 15.9 Å². The zero-order chi connectivity index (χ0) is 19.6. The number of aromatic nitrogens is 2. The molecule has 1 aliphatic heterocycles. The number of aryl methyl sites for hydroxylation is 1. The number of hydrogen-bond acceptors (Lipinski definition) is 5. The minimum absolute atomic E-state index is 0.0589. The molecule has 1 fully saturated rings. The van der Waals surface area contributed by atoms with E-state index in [9.17, 15) is 18.0 Å². The van der Waals surface area contributed by atoms with E-state index < -0.39 is 10.0 Å². The van der Waals surface area contributed by atoms with Gasteiger partial charge in [0, 0.05) is 51.1 Å². The van der Waals surface area contributed by atoms with Crippen LogP contribution in [0.15, 0.2) is 41.6 Å². The van der Waals surface area contributed by atoms with Crippen LogP contribution in [0.3, 0.4) is 0 Å². The monoisotopic (exact) mass is 391 g/mol. The molecule has 2 heterocycles. The summed E-state index contributed by atoms with van der Waals surface area (Å²) in [5, 5.41) is 6.66. The molecule has 27 heavy (non-hydrogen) atoms. The average Bonchev–Trinajstić information content (AvgIpc) is 3.06. The number of hydrogen-bond donors (Lipinski definition) is 1. The van der Waals surface area contributed by atoms with E-state index in [1.807, 2.05) is 6.20 Å². The average molecular weight is 391 g/mol. The molecule has 1 saturated heterocycles. The third kappa shape index (κ3) is 4.17. The molecule has 2 aromatic rings. The summed E-state index contributed by atoms with van der Waals surface area (Å²) in [6.07, 6.45) is 3.52. The van der Waals surface area contributed by atoms with Gasteiger partial charge >= 0.3 is 0 Å². The minimum Gasteiger partial charge on any atom is -0.354 e. The van der Waals surface area contributed by atoms with Gasteiger partial charge in [0.1, 0.15) is 0 Å². The van der Waals surface area contributed by atoms with Gasteiger partial charge in [0.15, 0.2) is 0 Å². The lowest BCUT2D eigenvalue weighted by Crippen LogP contribution is -2.49. The molecule has 144 valence electrons. The van der Waals surface area contributed by atoms with Crippen LogP contribution in [0.2, 0.25) is 0 Å². The second-order valence-electron chi connectivity index (χ2n) is 6.40. The Kier molecular flexibility index (Phi) is 5.29. The van der Waals surface area contributed by atoms with Crippen molar-refractivity contribution < 1.29 is 18.0 Å². The fourth-order valence-corrected chi connectivity index (χ4v) is 4.26. The van der Waals surface area contributed by atoms with Crippen molar-refractivity contribution in [3.8, 4) is 0 Å². The summed E-state index contributed by atoms with van der Waals surface area (Å²) < 4.78 is 28.1. The molecule has 1 aliphatic rings. The maximum absolute atomic E-state index is 12.6. The van der Waals surface area contributed by atoms with Crippen molar-refractivity contribution in [1.82, 2.24) is 24.3 Å². The molecule has 0 unspecified atom stereocenters. The zero-order valence-corrected chi connectivity index (χ0v) is 15.9. The Labute approximate surface area is 157 Å². The second-order valence-corrected chi connectivity index (χ2v) is 8.33. The maximum atomic E-state index is 12.6. The van der Waals surface area contributed by atoms with E-state index in [1.54, 1.807) is 25.0 Å². The number of carbonyl (C=O) groups is 2. The van der Waals surface area contributed by atoms with Crippen LogP contribution in [0.25, 0.3) is 0 Å². The summed E-state index contributed by atoms with van der Waals surface area (Å²) in [6.45, 7) is 0.711. The molecule has 0 bridgehead atoms. The lowest BCUT2D eigenvalue weighted by molar-refractivity contribution is -0.122. The molecular weight excluding hydrogens is 370 g/mol. The van der Waals surface area contributed by atoms with Crippen LogP contribution >= 0.6 is 0 Å². The largest absolute Gasteiger partial charge is 0.354 e. The molecule has 0 aliphatic carbocycles. The lowest BCUT2D eigenvalue weighted by atomic mass is 10.2. The van der Waals surface area contributed by atoms with E-state index >= 15 is 0 Å². The summed E-state index contributed by atoms with van der Waals surface area (Å²) in [5.74, 6) is -0.547. The second kappa shape index (κ2) is 7.49. The first-order chi connectivity index (χ1) is 12.8. The number of benzene rings is 1. The van der Waals surface area contributed by atoms with Gasteiger partial charge in [0.25, 0.3) is 5.91 Å². The first-order valence-electron chi connectivity index (χ1n) is 8.37. The summed E-state index contributed by atoms with van der Waals surface area (Å²) >= 11 is 0. The summed E-state index contributed by atoms with van der Waals surface area (Å²) in [5.41, 5.74) is 1.28. The van der Waals surface area contributed by atoms with Crippen molar-refractivity contribution in [2.75, 3.05) is 26.7 Å². The predicted molar refractivity (Wildman–Crippen MR) is 97.2 cm³/mol. The number of nitrogens with one attached hydrogen (secondary N) is 1. The van der Waals surface area contributed by atoms with Crippen molar-refractivity contribution in [2.45, 2.75) is 11.4 Å². The fourth-order valence-electron chi connectivity index (χ4n) is 2.86. The van der Waals surface area contributed by atoms with Gasteiger partial charge in [-0.2, -0.15) is 9.40 Å². The fraction of sp³-hybridized carbons (Fsp3) is 0.353. The number of sulfonamides is 1. The number of amides is 2. The van der Waals surface area contributed by atoms with Gasteiger partial charge in [-0.15, -0.1) is 0 Å². The van der Waals surface area contributed by atoms with E-state index in [1.165, 1.54) is 29.2 Å². The van der Waals surface area contributed by atoms with Crippen molar-refractivity contribution in [2.24, 2.45) is 7.05 Å². The molecule has 1 N–H and O–H groups in total. The van der Waals surface area contributed by atoms with E-state index in [0.717, 1.165) is 9.87 Å². The van der Waals surface area contributed by atoms with Crippen molar-refractivity contribution in [1.29, 1.82) is 0 Å². The van der Waals surface area contributed by atoms with Gasteiger partial charge in [-0.25, -0.2) is 8.42 Å².